The number of hydrogen-bond acceptors (Lipinski definition) is 5. The first-order valence-electron chi connectivity index (χ1n) is 6.69. The molecule has 0 aliphatic heterocycles. The van der Waals surface area contributed by atoms with Gasteiger partial charge in [0, 0.05) is 13.1 Å². The van der Waals surface area contributed by atoms with Gasteiger partial charge < -0.3 is 20.5 Å². The van der Waals surface area contributed by atoms with E-state index < -0.39 is 11.4 Å². The van der Waals surface area contributed by atoms with Crippen molar-refractivity contribution in [2.24, 2.45) is 5.41 Å². The summed E-state index contributed by atoms with van der Waals surface area (Å²) in [5.41, 5.74) is 6.47. The maximum absolute atomic E-state index is 11.8. The van der Waals surface area contributed by atoms with Crippen molar-refractivity contribution in [3.63, 3.8) is 0 Å². The molecule has 3 N–H and O–H groups in total. The van der Waals surface area contributed by atoms with Crippen molar-refractivity contribution in [2.45, 2.75) is 20.8 Å². The molecule has 0 aliphatic rings. The highest BCUT2D eigenvalue weighted by Crippen LogP contribution is 2.28. The van der Waals surface area contributed by atoms with Gasteiger partial charge in [0.2, 0.25) is 0 Å². The zero-order chi connectivity index (χ0) is 16.2. The van der Waals surface area contributed by atoms with E-state index in [1.54, 1.807) is 19.9 Å². The molecule has 0 bridgehead atoms. The Kier molecular flexibility index (Phi) is 5.18. The van der Waals surface area contributed by atoms with Crippen LogP contribution in [-0.4, -0.2) is 37.2 Å². The Balaban J connectivity index is 3.06. The molecule has 0 amide bonds. The maximum atomic E-state index is 11.8. The van der Waals surface area contributed by atoms with Gasteiger partial charge in [-0.1, -0.05) is 0 Å². The first kappa shape index (κ1) is 16.8. The van der Waals surface area contributed by atoms with Gasteiger partial charge in [-0.15, -0.1) is 0 Å². The fourth-order valence-electron chi connectivity index (χ4n) is 2.16. The van der Waals surface area contributed by atoms with Crippen molar-refractivity contribution in [3.8, 4) is 0 Å². The van der Waals surface area contributed by atoms with E-state index in [2.05, 4.69) is 0 Å². The van der Waals surface area contributed by atoms with Crippen LogP contribution in [0, 0.1) is 5.41 Å². The summed E-state index contributed by atoms with van der Waals surface area (Å²) in [4.78, 5) is 24.6. The molecule has 0 aromatic heterocycles. The lowest BCUT2D eigenvalue weighted by Crippen LogP contribution is -2.40. The van der Waals surface area contributed by atoms with E-state index in [-0.39, 0.29) is 11.5 Å². The minimum absolute atomic E-state index is 0.138. The Morgan fingerprint density at radius 3 is 2.43 bits per heavy atom. The van der Waals surface area contributed by atoms with E-state index in [4.69, 9.17) is 15.6 Å². The highest BCUT2D eigenvalue weighted by molar-refractivity contribution is 5.90. The van der Waals surface area contributed by atoms with Crippen molar-refractivity contribution in [1.82, 2.24) is 0 Å². The number of benzene rings is 1. The molecule has 116 valence electrons. The van der Waals surface area contributed by atoms with Crippen LogP contribution in [0.3, 0.4) is 0 Å². The van der Waals surface area contributed by atoms with E-state index in [0.717, 1.165) is 0 Å². The Morgan fingerprint density at radius 2 is 2.00 bits per heavy atom. The predicted octanol–water partition coefficient (Wildman–Crippen LogP) is 1.99. The van der Waals surface area contributed by atoms with E-state index in [1.165, 1.54) is 19.2 Å². The van der Waals surface area contributed by atoms with E-state index in [1.807, 2.05) is 11.8 Å². The summed E-state index contributed by atoms with van der Waals surface area (Å²) in [6, 6.07) is 4.59. The highest BCUT2D eigenvalue weighted by Gasteiger charge is 2.31. The average Bonchev–Trinajstić information content (AvgIpc) is 2.43. The number of carboxylic acid groups (broad SMARTS) is 1. The normalized spacial score (nSPS) is 11.0. The van der Waals surface area contributed by atoms with Gasteiger partial charge in [-0.25, -0.2) is 4.79 Å². The Bertz CT molecular complexity index is 540. The van der Waals surface area contributed by atoms with Gasteiger partial charge >= 0.3 is 11.9 Å². The molecule has 0 heterocycles. The van der Waals surface area contributed by atoms with Gasteiger partial charge in [-0.3, -0.25) is 4.79 Å². The number of ether oxygens (including phenoxy) is 1. The number of carboxylic acids is 1. The van der Waals surface area contributed by atoms with Crippen molar-refractivity contribution in [3.05, 3.63) is 23.8 Å². The van der Waals surface area contributed by atoms with Crippen molar-refractivity contribution >= 4 is 23.3 Å². The lowest BCUT2D eigenvalue weighted by atomic mass is 9.92. The molecule has 1 rings (SSSR count). The number of esters is 1. The van der Waals surface area contributed by atoms with Crippen LogP contribution in [0.1, 0.15) is 31.1 Å². The molecular formula is C15H22N2O4. The lowest BCUT2D eigenvalue weighted by molar-refractivity contribution is -0.150. The molecule has 0 aliphatic carbocycles. The molecule has 0 saturated carbocycles. The second kappa shape index (κ2) is 6.47. The van der Waals surface area contributed by atoms with Crippen LogP contribution >= 0.6 is 0 Å². The minimum Gasteiger partial charge on any atom is -0.478 e. The third kappa shape index (κ3) is 3.87. The van der Waals surface area contributed by atoms with Crippen LogP contribution in [0.2, 0.25) is 0 Å². The first-order chi connectivity index (χ1) is 9.72. The van der Waals surface area contributed by atoms with Crippen LogP contribution < -0.4 is 10.6 Å². The number of anilines is 2. The van der Waals surface area contributed by atoms with Gasteiger partial charge in [0.1, 0.15) is 0 Å². The van der Waals surface area contributed by atoms with Gasteiger partial charge in [-0.2, -0.15) is 0 Å². The number of methoxy groups -OCH3 is 1. The van der Waals surface area contributed by atoms with Crippen LogP contribution in [0.5, 0.6) is 0 Å². The molecule has 0 fully saturated rings. The topological polar surface area (TPSA) is 92.9 Å². The summed E-state index contributed by atoms with van der Waals surface area (Å²) in [5, 5.41) is 8.96. The summed E-state index contributed by atoms with van der Waals surface area (Å²) in [5.74, 6) is -1.33. The molecule has 0 radical (unpaired) electrons. The quantitative estimate of drug-likeness (QED) is 0.615. The van der Waals surface area contributed by atoms with Gasteiger partial charge in [0.15, 0.2) is 0 Å². The standard InChI is InChI=1S/C15H22N2O4/c1-5-17(9-15(2,3)14(20)21-4)12-7-6-10(13(18)19)8-11(12)16/h6-8H,5,9,16H2,1-4H3,(H,18,19). The number of nitrogen functional groups attached to an aromatic ring is 1. The zero-order valence-electron chi connectivity index (χ0n) is 12.8. The molecule has 0 unspecified atom stereocenters. The first-order valence-corrected chi connectivity index (χ1v) is 6.69. The summed E-state index contributed by atoms with van der Waals surface area (Å²) in [7, 11) is 1.36. The molecule has 21 heavy (non-hydrogen) atoms. The molecule has 1 aromatic carbocycles. The van der Waals surface area contributed by atoms with Crippen molar-refractivity contribution in [1.29, 1.82) is 0 Å². The molecule has 6 nitrogen and oxygen atoms in total. The fraction of sp³-hybridized carbons (Fsp3) is 0.467. The smallest absolute Gasteiger partial charge is 0.335 e. The predicted molar refractivity (Wildman–Crippen MR) is 81.5 cm³/mol. The van der Waals surface area contributed by atoms with Crippen molar-refractivity contribution < 1.29 is 19.4 Å². The molecule has 1 aromatic rings. The summed E-state index contributed by atoms with van der Waals surface area (Å²) in [6.45, 7) is 6.59. The van der Waals surface area contributed by atoms with Crippen LogP contribution in [0.4, 0.5) is 11.4 Å². The number of carbonyl (C=O) groups is 2. The molecule has 6 heteroatoms. The Hall–Kier alpha value is -2.24. The second-order valence-corrected chi connectivity index (χ2v) is 5.47. The summed E-state index contributed by atoms with van der Waals surface area (Å²) >= 11 is 0. The van der Waals surface area contributed by atoms with Crippen LogP contribution in [0.15, 0.2) is 18.2 Å². The maximum Gasteiger partial charge on any atom is 0.335 e. The van der Waals surface area contributed by atoms with Crippen LogP contribution in [0.25, 0.3) is 0 Å². The molecule has 0 saturated heterocycles. The van der Waals surface area contributed by atoms with E-state index in [9.17, 15) is 9.59 Å². The third-order valence-electron chi connectivity index (χ3n) is 3.32. The second-order valence-electron chi connectivity index (χ2n) is 5.47. The SMILES string of the molecule is CCN(CC(C)(C)C(=O)OC)c1ccc(C(=O)O)cc1N. The Morgan fingerprint density at radius 1 is 1.38 bits per heavy atom. The number of carbonyl (C=O) groups excluding carboxylic acids is 1. The molecular weight excluding hydrogens is 272 g/mol. The third-order valence-corrected chi connectivity index (χ3v) is 3.32. The van der Waals surface area contributed by atoms with Gasteiger partial charge in [0.05, 0.1) is 29.5 Å². The summed E-state index contributed by atoms with van der Waals surface area (Å²) in [6.07, 6.45) is 0. The number of rotatable bonds is 6. The average molecular weight is 294 g/mol. The largest absolute Gasteiger partial charge is 0.478 e. The minimum atomic E-state index is -1.02. The number of nitrogens with zero attached hydrogens (tertiary/aromatic N) is 1. The number of aromatic carboxylic acids is 1. The van der Waals surface area contributed by atoms with E-state index in [0.29, 0.717) is 24.5 Å². The van der Waals surface area contributed by atoms with Crippen LogP contribution in [-0.2, 0) is 9.53 Å². The highest BCUT2D eigenvalue weighted by atomic mass is 16.5. The zero-order valence-corrected chi connectivity index (χ0v) is 12.8. The van der Waals surface area contributed by atoms with Gasteiger partial charge in [0.25, 0.3) is 0 Å². The van der Waals surface area contributed by atoms with Gasteiger partial charge in [-0.05, 0) is 39.0 Å². The fourth-order valence-corrected chi connectivity index (χ4v) is 2.16. The Labute approximate surface area is 124 Å². The van der Waals surface area contributed by atoms with Crippen molar-refractivity contribution in [2.75, 3.05) is 30.8 Å². The summed E-state index contributed by atoms with van der Waals surface area (Å²) < 4.78 is 4.80. The molecule has 0 spiro atoms. The monoisotopic (exact) mass is 294 g/mol. The number of nitrogens with two attached hydrogens (primary N) is 1. The number of hydrogen-bond donors (Lipinski definition) is 2. The van der Waals surface area contributed by atoms with E-state index >= 15 is 0 Å². The lowest BCUT2D eigenvalue weighted by Gasteiger charge is -2.32. The molecule has 0 atom stereocenters.